The third-order valence-electron chi connectivity index (χ3n) is 4.23. The molecule has 3 aromatic heterocycles. The molecular formula is C14H14Cl2N5O5PS. The molecule has 0 aromatic carbocycles. The van der Waals surface area contributed by atoms with Gasteiger partial charge in [-0.3, -0.25) is 4.57 Å². The number of fused-ring (bicyclic) bond motifs is 1. The Balaban J connectivity index is 1.77. The third kappa shape index (κ3) is 3.64. The van der Waals surface area contributed by atoms with Crippen molar-refractivity contribution in [2.45, 2.75) is 24.5 Å². The molecule has 0 saturated carbocycles. The lowest BCUT2D eigenvalue weighted by atomic mass is 10.1. The summed E-state index contributed by atoms with van der Waals surface area (Å²) in [5.41, 5.74) is 6.51. The van der Waals surface area contributed by atoms with Crippen LogP contribution in [0.1, 0.15) is 6.23 Å². The minimum absolute atomic E-state index is 0.148. The molecule has 0 spiro atoms. The molecule has 4 heterocycles. The normalized spacial score (nSPS) is 25.6. The summed E-state index contributed by atoms with van der Waals surface area (Å²) in [6.07, 6.45) is -1.89. The maximum absolute atomic E-state index is 10.6. The van der Waals surface area contributed by atoms with Gasteiger partial charge in [-0.05, 0) is 46.4 Å². The number of anilines is 1. The zero-order valence-corrected chi connectivity index (χ0v) is 17.1. The second-order valence-corrected chi connectivity index (χ2v) is 13.2. The topological polar surface area (TPSA) is 142 Å². The molecule has 0 radical (unpaired) electrons. The molecule has 1 aliphatic heterocycles. The van der Waals surface area contributed by atoms with Gasteiger partial charge in [-0.2, -0.15) is 0 Å². The molecular weight excluding hydrogens is 452 g/mol. The number of halogens is 2. The maximum Gasteiger partial charge on any atom is 0.240 e. The van der Waals surface area contributed by atoms with Crippen LogP contribution in [0.5, 0.6) is 0 Å². The summed E-state index contributed by atoms with van der Waals surface area (Å²) in [5, 5.41) is 21.0. The van der Waals surface area contributed by atoms with Gasteiger partial charge in [-0.25, -0.2) is 15.0 Å². The molecule has 0 unspecified atom stereocenters. The molecule has 3 aromatic rings. The summed E-state index contributed by atoms with van der Waals surface area (Å²) in [5.74, 6) is 0.832. The summed E-state index contributed by atoms with van der Waals surface area (Å²) in [4.78, 5) is 9.55. The van der Waals surface area contributed by atoms with E-state index in [0.717, 1.165) is 0 Å². The SMILES string of the molecule is Nc1ncnc2c1nc(-c1ccco1)n2[C@@H]1O[C@H](COP(=S)(Cl)Cl)[C@@H](O)[C@H]1O. The molecule has 0 bridgehead atoms. The van der Waals surface area contributed by atoms with E-state index < -0.39 is 29.5 Å². The van der Waals surface area contributed by atoms with Crippen LogP contribution in [0.3, 0.4) is 0 Å². The largest absolute Gasteiger partial charge is 0.461 e. The van der Waals surface area contributed by atoms with Gasteiger partial charge in [0.25, 0.3) is 0 Å². The zero-order valence-electron chi connectivity index (χ0n) is 13.9. The number of hydrogen-bond acceptors (Lipinski definition) is 10. The highest BCUT2D eigenvalue weighted by molar-refractivity contribution is 8.36. The van der Waals surface area contributed by atoms with E-state index in [-0.39, 0.29) is 12.4 Å². The smallest absolute Gasteiger partial charge is 0.240 e. The average Bonchev–Trinajstić information content (AvgIpc) is 3.33. The predicted octanol–water partition coefficient (Wildman–Crippen LogP) is 2.01. The number of nitrogens with zero attached hydrogens (tertiary/aromatic N) is 4. The van der Waals surface area contributed by atoms with Crippen molar-refractivity contribution >= 4 is 56.2 Å². The summed E-state index contributed by atoms with van der Waals surface area (Å²) in [6, 6.07) is 3.36. The van der Waals surface area contributed by atoms with Gasteiger partial charge >= 0.3 is 0 Å². The van der Waals surface area contributed by atoms with Gasteiger partial charge in [-0.15, -0.1) is 0 Å². The lowest BCUT2D eigenvalue weighted by Crippen LogP contribution is -2.33. The molecule has 14 heteroatoms. The zero-order chi connectivity index (χ0) is 20.1. The second-order valence-electron chi connectivity index (χ2n) is 5.97. The van der Waals surface area contributed by atoms with Crippen molar-refractivity contribution in [1.29, 1.82) is 0 Å². The van der Waals surface area contributed by atoms with E-state index in [1.54, 1.807) is 12.1 Å². The van der Waals surface area contributed by atoms with E-state index in [1.807, 2.05) is 0 Å². The van der Waals surface area contributed by atoms with Gasteiger partial charge in [0.1, 0.15) is 24.6 Å². The number of aromatic nitrogens is 4. The van der Waals surface area contributed by atoms with Crippen molar-refractivity contribution in [1.82, 2.24) is 19.5 Å². The van der Waals surface area contributed by atoms with E-state index in [9.17, 15) is 10.2 Å². The van der Waals surface area contributed by atoms with Crippen LogP contribution in [0.25, 0.3) is 22.7 Å². The first kappa shape index (κ1) is 20.0. The van der Waals surface area contributed by atoms with Crippen molar-refractivity contribution in [3.8, 4) is 11.6 Å². The Labute approximate surface area is 172 Å². The van der Waals surface area contributed by atoms with Crippen LogP contribution in [0, 0.1) is 0 Å². The van der Waals surface area contributed by atoms with Crippen LogP contribution in [0.15, 0.2) is 29.1 Å². The van der Waals surface area contributed by atoms with E-state index >= 15 is 0 Å². The fourth-order valence-electron chi connectivity index (χ4n) is 2.99. The van der Waals surface area contributed by atoms with Crippen molar-refractivity contribution in [2.75, 3.05) is 12.3 Å². The molecule has 10 nitrogen and oxygen atoms in total. The predicted molar refractivity (Wildman–Crippen MR) is 105 cm³/mol. The quantitative estimate of drug-likeness (QED) is 0.478. The lowest BCUT2D eigenvalue weighted by molar-refractivity contribution is -0.0451. The first-order valence-corrected chi connectivity index (χ1v) is 12.5. The highest BCUT2D eigenvalue weighted by atomic mass is 35.9. The molecule has 4 rings (SSSR count). The highest BCUT2D eigenvalue weighted by Gasteiger charge is 2.46. The Bertz CT molecular complexity index is 1040. The van der Waals surface area contributed by atoms with Gasteiger partial charge < -0.3 is 29.6 Å². The Morgan fingerprint density at radius 3 is 2.79 bits per heavy atom. The molecule has 1 fully saturated rings. The number of nitrogens with two attached hydrogens (primary N) is 1. The fourth-order valence-corrected chi connectivity index (χ4v) is 3.83. The highest BCUT2D eigenvalue weighted by Crippen LogP contribution is 2.58. The van der Waals surface area contributed by atoms with E-state index in [2.05, 4.69) is 15.0 Å². The number of imidazole rings is 1. The van der Waals surface area contributed by atoms with Crippen molar-refractivity contribution in [3.05, 3.63) is 24.7 Å². The standard InChI is InChI=1S/C14H14Cl2N5O5PS/c15-27(16,28)25-4-7-9(22)10(23)14(26-7)21-12(6-2-1-3-24-6)20-8-11(17)18-5-19-13(8)21/h1-3,5,7,9-10,14,22-23H,4H2,(H2,17,18,19)/t7-,9-,10-,14-/m1/s1. The Morgan fingerprint density at radius 2 is 2.11 bits per heavy atom. The minimum atomic E-state index is -3.01. The van der Waals surface area contributed by atoms with Gasteiger partial charge in [0.05, 0.1) is 12.9 Å². The molecule has 4 N–H and O–H groups in total. The molecule has 28 heavy (non-hydrogen) atoms. The molecule has 150 valence electrons. The summed E-state index contributed by atoms with van der Waals surface area (Å²) < 4.78 is 17.9. The van der Waals surface area contributed by atoms with Crippen LogP contribution in [-0.2, 0) is 21.1 Å². The van der Waals surface area contributed by atoms with E-state index in [1.165, 1.54) is 17.2 Å². The molecule has 1 aliphatic rings. The molecule has 0 amide bonds. The average molecular weight is 466 g/mol. The molecule has 0 aliphatic carbocycles. The fraction of sp³-hybridized carbons (Fsp3) is 0.357. The van der Waals surface area contributed by atoms with Crippen molar-refractivity contribution < 1.29 is 23.9 Å². The maximum atomic E-state index is 10.6. The summed E-state index contributed by atoms with van der Waals surface area (Å²) in [7, 11) is 0. The monoisotopic (exact) mass is 465 g/mol. The number of aliphatic hydroxyl groups excluding tert-OH is 2. The second kappa shape index (κ2) is 7.51. The number of aliphatic hydroxyl groups is 2. The van der Waals surface area contributed by atoms with Gasteiger partial charge in [0, 0.05) is 0 Å². The lowest BCUT2D eigenvalue weighted by Gasteiger charge is -2.18. The van der Waals surface area contributed by atoms with Gasteiger partial charge in [0.15, 0.2) is 34.8 Å². The Morgan fingerprint density at radius 1 is 1.32 bits per heavy atom. The first-order chi connectivity index (χ1) is 13.3. The van der Waals surface area contributed by atoms with Crippen LogP contribution < -0.4 is 5.73 Å². The summed E-state index contributed by atoms with van der Waals surface area (Å²) >= 11 is 16.3. The Hall–Kier alpha value is -1.30. The minimum Gasteiger partial charge on any atom is -0.461 e. The van der Waals surface area contributed by atoms with Gasteiger partial charge in [0.2, 0.25) is 4.97 Å². The number of ether oxygens (including phenoxy) is 1. The van der Waals surface area contributed by atoms with E-state index in [0.29, 0.717) is 22.7 Å². The number of rotatable bonds is 5. The first-order valence-electron chi connectivity index (χ1n) is 7.94. The number of nitrogen functional groups attached to an aromatic ring is 1. The van der Waals surface area contributed by atoms with Crippen molar-refractivity contribution in [2.24, 2.45) is 0 Å². The van der Waals surface area contributed by atoms with Crippen LogP contribution in [0.2, 0.25) is 0 Å². The van der Waals surface area contributed by atoms with Crippen LogP contribution in [-0.4, -0.2) is 54.7 Å². The summed E-state index contributed by atoms with van der Waals surface area (Å²) in [6.45, 7) is -0.196. The van der Waals surface area contributed by atoms with Crippen LogP contribution in [0.4, 0.5) is 5.82 Å². The number of hydrogen-bond donors (Lipinski definition) is 3. The van der Waals surface area contributed by atoms with Gasteiger partial charge in [-0.1, -0.05) is 0 Å². The molecule has 4 atom stereocenters. The molecule has 1 saturated heterocycles. The Kier molecular flexibility index (Phi) is 5.36. The number of furan rings is 1. The third-order valence-corrected chi connectivity index (χ3v) is 5.58. The van der Waals surface area contributed by atoms with E-state index in [4.69, 9.17) is 53.7 Å². The van der Waals surface area contributed by atoms with Crippen LogP contribution >= 0.6 is 27.5 Å². The van der Waals surface area contributed by atoms with Crippen molar-refractivity contribution in [3.63, 3.8) is 0 Å².